The van der Waals surface area contributed by atoms with Crippen LogP contribution in [0, 0.1) is 0 Å². The maximum Gasteiger partial charge on any atom is 0.264 e. The summed E-state index contributed by atoms with van der Waals surface area (Å²) < 4.78 is 25.5. The van der Waals surface area contributed by atoms with Crippen molar-refractivity contribution in [2.45, 2.75) is 25.8 Å². The Balaban J connectivity index is 2.75. The van der Waals surface area contributed by atoms with Crippen molar-refractivity contribution in [3.8, 4) is 0 Å². The van der Waals surface area contributed by atoms with Gasteiger partial charge >= 0.3 is 0 Å². The van der Waals surface area contributed by atoms with E-state index in [2.05, 4.69) is 15.3 Å². The van der Waals surface area contributed by atoms with Crippen molar-refractivity contribution in [3.05, 3.63) is 22.7 Å². The highest BCUT2D eigenvalue weighted by molar-refractivity contribution is 5.33. The summed E-state index contributed by atoms with van der Waals surface area (Å²) in [5.41, 5.74) is -0.380. The molecule has 78 valence electrons. The molecule has 1 rings (SSSR count). The van der Waals surface area contributed by atoms with E-state index in [0.717, 1.165) is 19.3 Å². The number of nitrogens with one attached hydrogen (secondary N) is 2. The van der Waals surface area contributed by atoms with Gasteiger partial charge in [-0.15, -0.1) is 0 Å². The Bertz CT molecular complexity index is 358. The summed E-state index contributed by atoms with van der Waals surface area (Å²) in [7, 11) is 0. The molecule has 1 aromatic heterocycles. The molecule has 0 fully saturated rings. The molecule has 0 saturated carbocycles. The lowest BCUT2D eigenvalue weighted by Gasteiger charge is -2.20. The molecule has 0 aliphatic heterocycles. The molecule has 0 aromatic carbocycles. The fraction of sp³-hybridized carbons (Fsp3) is 0.500. The number of aromatic nitrogens is 2. The lowest BCUT2D eigenvalue weighted by Crippen LogP contribution is -2.34. The minimum atomic E-state index is -2.86. The van der Waals surface area contributed by atoms with Crippen LogP contribution in [0.4, 0.5) is 14.6 Å². The van der Waals surface area contributed by atoms with E-state index in [9.17, 15) is 13.6 Å². The van der Waals surface area contributed by atoms with Crippen LogP contribution in [-0.4, -0.2) is 21.9 Å². The SMILES string of the molecule is CC(Nc1cc(=O)[nH]cn1)C(C)(F)F. The summed E-state index contributed by atoms with van der Waals surface area (Å²) in [6.07, 6.45) is 1.16. The molecule has 0 aliphatic carbocycles. The highest BCUT2D eigenvalue weighted by atomic mass is 19.3. The van der Waals surface area contributed by atoms with Gasteiger partial charge in [0.2, 0.25) is 0 Å². The third kappa shape index (κ3) is 2.79. The summed E-state index contributed by atoms with van der Waals surface area (Å²) in [5.74, 6) is -2.72. The number of H-pyrrole nitrogens is 1. The van der Waals surface area contributed by atoms with Crippen LogP contribution in [-0.2, 0) is 0 Å². The molecule has 14 heavy (non-hydrogen) atoms. The van der Waals surface area contributed by atoms with Gasteiger partial charge in [0, 0.05) is 13.0 Å². The van der Waals surface area contributed by atoms with Crippen LogP contribution in [0.2, 0.25) is 0 Å². The number of anilines is 1. The minimum absolute atomic E-state index is 0.141. The quantitative estimate of drug-likeness (QED) is 0.776. The predicted molar refractivity (Wildman–Crippen MR) is 48.6 cm³/mol. The number of alkyl halides is 2. The van der Waals surface area contributed by atoms with E-state index in [1.807, 2.05) is 0 Å². The first-order valence-electron chi connectivity index (χ1n) is 4.08. The normalized spacial score (nSPS) is 13.7. The van der Waals surface area contributed by atoms with Gasteiger partial charge in [-0.25, -0.2) is 13.8 Å². The Labute approximate surface area is 79.4 Å². The Kier molecular flexibility index (Phi) is 2.83. The second-order valence-corrected chi connectivity index (χ2v) is 3.12. The molecule has 2 N–H and O–H groups in total. The largest absolute Gasteiger partial charge is 0.361 e. The van der Waals surface area contributed by atoms with E-state index in [4.69, 9.17) is 0 Å². The van der Waals surface area contributed by atoms with Crippen molar-refractivity contribution in [2.75, 3.05) is 5.32 Å². The molecule has 0 saturated heterocycles. The molecule has 1 aromatic rings. The molecular weight excluding hydrogens is 192 g/mol. The van der Waals surface area contributed by atoms with Crippen LogP contribution in [0.5, 0.6) is 0 Å². The average Bonchev–Trinajstić information content (AvgIpc) is 2.02. The number of aromatic amines is 1. The smallest absolute Gasteiger partial charge is 0.264 e. The molecule has 0 spiro atoms. The van der Waals surface area contributed by atoms with E-state index < -0.39 is 12.0 Å². The zero-order valence-corrected chi connectivity index (χ0v) is 7.84. The number of hydrogen-bond acceptors (Lipinski definition) is 3. The van der Waals surface area contributed by atoms with Gasteiger partial charge in [0.15, 0.2) is 0 Å². The van der Waals surface area contributed by atoms with Gasteiger partial charge < -0.3 is 10.3 Å². The molecule has 0 aliphatic rings. The highest BCUT2D eigenvalue weighted by Crippen LogP contribution is 2.19. The fourth-order valence-electron chi connectivity index (χ4n) is 0.796. The summed E-state index contributed by atoms with van der Waals surface area (Å²) in [6.45, 7) is 2.13. The molecule has 4 nitrogen and oxygen atoms in total. The lowest BCUT2D eigenvalue weighted by molar-refractivity contribution is 0.00688. The molecule has 0 bridgehead atoms. The maximum atomic E-state index is 12.7. The molecule has 0 radical (unpaired) electrons. The molecule has 1 unspecified atom stereocenters. The van der Waals surface area contributed by atoms with Crippen molar-refractivity contribution in [2.24, 2.45) is 0 Å². The lowest BCUT2D eigenvalue weighted by atomic mass is 10.2. The van der Waals surface area contributed by atoms with Crippen LogP contribution in [0.15, 0.2) is 17.2 Å². The fourth-order valence-corrected chi connectivity index (χ4v) is 0.796. The number of rotatable bonds is 3. The Morgan fingerprint density at radius 2 is 2.29 bits per heavy atom. The molecule has 1 heterocycles. The molecule has 0 amide bonds. The second-order valence-electron chi connectivity index (χ2n) is 3.12. The van der Waals surface area contributed by atoms with Crippen molar-refractivity contribution in [1.82, 2.24) is 9.97 Å². The Morgan fingerprint density at radius 3 is 2.79 bits per heavy atom. The van der Waals surface area contributed by atoms with E-state index in [1.165, 1.54) is 6.92 Å². The van der Waals surface area contributed by atoms with Crippen LogP contribution in [0.3, 0.4) is 0 Å². The molecule has 1 atom stereocenters. The van der Waals surface area contributed by atoms with Crippen molar-refractivity contribution in [1.29, 1.82) is 0 Å². The summed E-state index contributed by atoms with van der Waals surface area (Å²) in [5, 5.41) is 2.44. The van der Waals surface area contributed by atoms with Gasteiger partial charge in [0.05, 0.1) is 12.4 Å². The predicted octanol–water partition coefficient (Wildman–Crippen LogP) is 1.23. The molecular formula is C8H11F2N3O. The van der Waals surface area contributed by atoms with E-state index in [-0.39, 0.29) is 11.4 Å². The first-order chi connectivity index (χ1) is 6.39. The van der Waals surface area contributed by atoms with Crippen LogP contribution < -0.4 is 10.9 Å². The van der Waals surface area contributed by atoms with Crippen LogP contribution in [0.1, 0.15) is 13.8 Å². The topological polar surface area (TPSA) is 57.8 Å². The second kappa shape index (κ2) is 3.73. The van der Waals surface area contributed by atoms with Crippen molar-refractivity contribution in [3.63, 3.8) is 0 Å². The number of halogens is 2. The standard InChI is InChI=1S/C8H11F2N3O/c1-5(8(2,9)10)13-6-3-7(14)12-4-11-6/h3-5H,1-2H3,(H2,11,12,13,14). The van der Waals surface area contributed by atoms with Crippen molar-refractivity contribution < 1.29 is 8.78 Å². The van der Waals surface area contributed by atoms with Gasteiger partial charge in [-0.1, -0.05) is 0 Å². The summed E-state index contributed by atoms with van der Waals surface area (Å²) in [4.78, 5) is 16.8. The third-order valence-electron chi connectivity index (χ3n) is 1.80. The van der Waals surface area contributed by atoms with Gasteiger partial charge in [-0.3, -0.25) is 4.79 Å². The molecule has 6 heteroatoms. The third-order valence-corrected chi connectivity index (χ3v) is 1.80. The summed E-state index contributed by atoms with van der Waals surface area (Å²) >= 11 is 0. The summed E-state index contributed by atoms with van der Waals surface area (Å²) in [6, 6.07) is 0.0548. The Hall–Kier alpha value is -1.46. The van der Waals surface area contributed by atoms with Gasteiger partial charge in [0.25, 0.3) is 11.5 Å². The zero-order valence-electron chi connectivity index (χ0n) is 7.84. The maximum absolute atomic E-state index is 12.7. The Morgan fingerprint density at radius 1 is 1.64 bits per heavy atom. The van der Waals surface area contributed by atoms with E-state index >= 15 is 0 Å². The number of nitrogens with zero attached hydrogens (tertiary/aromatic N) is 1. The van der Waals surface area contributed by atoms with Crippen LogP contribution in [0.25, 0.3) is 0 Å². The first kappa shape index (κ1) is 10.6. The van der Waals surface area contributed by atoms with E-state index in [0.29, 0.717) is 0 Å². The number of hydrogen-bond donors (Lipinski definition) is 2. The first-order valence-corrected chi connectivity index (χ1v) is 4.08. The average molecular weight is 203 g/mol. The van der Waals surface area contributed by atoms with E-state index in [1.54, 1.807) is 0 Å². The van der Waals surface area contributed by atoms with Crippen molar-refractivity contribution >= 4 is 5.82 Å². The monoisotopic (exact) mass is 203 g/mol. The van der Waals surface area contributed by atoms with Gasteiger partial charge in [-0.05, 0) is 6.92 Å². The zero-order chi connectivity index (χ0) is 10.8. The highest BCUT2D eigenvalue weighted by Gasteiger charge is 2.30. The van der Waals surface area contributed by atoms with Gasteiger partial charge in [0.1, 0.15) is 5.82 Å². The van der Waals surface area contributed by atoms with Gasteiger partial charge in [-0.2, -0.15) is 0 Å². The van der Waals surface area contributed by atoms with Crippen LogP contribution >= 0.6 is 0 Å². The minimum Gasteiger partial charge on any atom is -0.361 e.